The second kappa shape index (κ2) is 13.4. The van der Waals surface area contributed by atoms with Gasteiger partial charge in [-0.1, -0.05) is 146 Å². The van der Waals surface area contributed by atoms with Gasteiger partial charge in [0.15, 0.2) is 0 Å². The Kier molecular flexibility index (Phi) is 7.54. The molecule has 3 nitrogen and oxygen atoms in total. The van der Waals surface area contributed by atoms with E-state index in [-0.39, 0.29) is 0 Å². The zero-order chi connectivity index (χ0) is 38.9. The summed E-state index contributed by atoms with van der Waals surface area (Å²) in [4.78, 5) is 2.40. The summed E-state index contributed by atoms with van der Waals surface area (Å²) >= 11 is 0. The Morgan fingerprint density at radius 2 is 0.898 bits per heavy atom. The second-order valence-corrected chi connectivity index (χ2v) is 15.3. The van der Waals surface area contributed by atoms with Crippen molar-refractivity contribution in [2.45, 2.75) is 0 Å². The number of anilines is 3. The van der Waals surface area contributed by atoms with Gasteiger partial charge in [0.25, 0.3) is 0 Å². The van der Waals surface area contributed by atoms with Gasteiger partial charge in [0.2, 0.25) is 0 Å². The van der Waals surface area contributed by atoms with Crippen LogP contribution in [0.1, 0.15) is 0 Å². The van der Waals surface area contributed by atoms with E-state index < -0.39 is 0 Å². The van der Waals surface area contributed by atoms with Gasteiger partial charge in [-0.2, -0.15) is 0 Å². The van der Waals surface area contributed by atoms with Gasteiger partial charge < -0.3 is 13.7 Å². The maximum Gasteiger partial charge on any atom is 0.136 e. The molecule has 0 spiro atoms. The van der Waals surface area contributed by atoms with Crippen LogP contribution >= 0.6 is 0 Å². The Balaban J connectivity index is 1.04. The lowest BCUT2D eigenvalue weighted by Gasteiger charge is -2.28. The number of hydrogen-bond acceptors (Lipinski definition) is 3. The van der Waals surface area contributed by atoms with Crippen molar-refractivity contribution < 1.29 is 8.83 Å². The van der Waals surface area contributed by atoms with E-state index in [4.69, 9.17) is 8.83 Å². The number of furan rings is 2. The van der Waals surface area contributed by atoms with Crippen molar-refractivity contribution in [1.29, 1.82) is 0 Å². The van der Waals surface area contributed by atoms with Gasteiger partial charge in [-0.05, 0) is 116 Å². The molecular formula is C56H35NO2. The van der Waals surface area contributed by atoms with Crippen LogP contribution in [-0.4, -0.2) is 0 Å². The highest BCUT2D eigenvalue weighted by molar-refractivity contribution is 6.17. The van der Waals surface area contributed by atoms with Gasteiger partial charge in [0.1, 0.15) is 22.3 Å². The molecule has 12 aromatic rings. The molecule has 2 aromatic heterocycles. The predicted molar refractivity (Wildman–Crippen MR) is 247 cm³/mol. The summed E-state index contributed by atoms with van der Waals surface area (Å²) < 4.78 is 12.9. The smallest absolute Gasteiger partial charge is 0.136 e. The molecular weight excluding hydrogens is 719 g/mol. The van der Waals surface area contributed by atoms with Crippen molar-refractivity contribution in [3.63, 3.8) is 0 Å². The Morgan fingerprint density at radius 3 is 1.80 bits per heavy atom. The minimum absolute atomic E-state index is 0.873. The number of rotatable bonds is 6. The van der Waals surface area contributed by atoms with Crippen molar-refractivity contribution in [2.24, 2.45) is 0 Å². The Morgan fingerprint density at radius 1 is 0.288 bits per heavy atom. The topological polar surface area (TPSA) is 29.5 Å². The number of fused-ring (bicyclic) bond motifs is 8. The minimum Gasteiger partial charge on any atom is -0.456 e. The number of para-hydroxylation sites is 2. The van der Waals surface area contributed by atoms with Gasteiger partial charge in [0, 0.05) is 38.5 Å². The van der Waals surface area contributed by atoms with E-state index in [0.29, 0.717) is 0 Å². The molecule has 3 heteroatoms. The van der Waals surface area contributed by atoms with Crippen molar-refractivity contribution in [3.8, 4) is 33.4 Å². The maximum absolute atomic E-state index is 6.57. The van der Waals surface area contributed by atoms with Crippen LogP contribution in [0.5, 0.6) is 0 Å². The van der Waals surface area contributed by atoms with E-state index in [1.54, 1.807) is 0 Å². The van der Waals surface area contributed by atoms with Crippen LogP contribution < -0.4 is 4.90 Å². The van der Waals surface area contributed by atoms with Crippen LogP contribution in [0.2, 0.25) is 0 Å². The van der Waals surface area contributed by atoms with E-state index in [2.05, 4.69) is 205 Å². The van der Waals surface area contributed by atoms with Crippen LogP contribution in [0.3, 0.4) is 0 Å². The molecule has 0 aliphatic carbocycles. The highest BCUT2D eigenvalue weighted by atomic mass is 16.3. The first-order valence-electron chi connectivity index (χ1n) is 20.1. The zero-order valence-electron chi connectivity index (χ0n) is 32.0. The molecule has 0 N–H and O–H groups in total. The van der Waals surface area contributed by atoms with Gasteiger partial charge in [0.05, 0.1) is 5.69 Å². The summed E-state index contributed by atoms with van der Waals surface area (Å²) in [6.45, 7) is 0. The summed E-state index contributed by atoms with van der Waals surface area (Å²) in [6.07, 6.45) is 0. The van der Waals surface area contributed by atoms with E-state index in [1.807, 2.05) is 12.1 Å². The Labute approximate surface area is 340 Å². The summed E-state index contributed by atoms with van der Waals surface area (Å²) in [5.74, 6) is 0. The second-order valence-electron chi connectivity index (χ2n) is 15.3. The van der Waals surface area contributed by atoms with Crippen LogP contribution in [0.15, 0.2) is 221 Å². The zero-order valence-corrected chi connectivity index (χ0v) is 32.0. The summed E-state index contributed by atoms with van der Waals surface area (Å²) in [6, 6.07) is 75.9. The van der Waals surface area contributed by atoms with E-state index in [9.17, 15) is 0 Å². The van der Waals surface area contributed by atoms with E-state index in [0.717, 1.165) is 88.8 Å². The molecule has 276 valence electrons. The average Bonchev–Trinajstić information content (AvgIpc) is 3.86. The van der Waals surface area contributed by atoms with Crippen LogP contribution in [0.4, 0.5) is 17.1 Å². The third kappa shape index (κ3) is 5.51. The predicted octanol–water partition coefficient (Wildman–Crippen LogP) is 16.3. The lowest BCUT2D eigenvalue weighted by molar-refractivity contribution is 0.669. The highest BCUT2D eigenvalue weighted by Crippen LogP contribution is 2.46. The maximum atomic E-state index is 6.57. The molecule has 0 fully saturated rings. The number of nitrogens with zero attached hydrogens (tertiary/aromatic N) is 1. The van der Waals surface area contributed by atoms with Crippen molar-refractivity contribution in [3.05, 3.63) is 212 Å². The van der Waals surface area contributed by atoms with Crippen LogP contribution in [0.25, 0.3) is 98.8 Å². The highest BCUT2D eigenvalue weighted by Gasteiger charge is 2.21. The summed E-state index contributed by atoms with van der Waals surface area (Å²) in [7, 11) is 0. The normalized spacial score (nSPS) is 11.7. The molecule has 0 saturated carbocycles. The van der Waals surface area contributed by atoms with Gasteiger partial charge in [-0.25, -0.2) is 0 Å². The molecule has 0 aliphatic rings. The largest absolute Gasteiger partial charge is 0.456 e. The molecule has 0 atom stereocenters. The molecule has 10 aromatic carbocycles. The first-order chi connectivity index (χ1) is 29.2. The Bertz CT molecular complexity index is 3570. The molecule has 59 heavy (non-hydrogen) atoms. The fraction of sp³-hybridized carbons (Fsp3) is 0. The first-order valence-corrected chi connectivity index (χ1v) is 20.1. The van der Waals surface area contributed by atoms with Gasteiger partial charge in [-0.3, -0.25) is 0 Å². The number of benzene rings is 10. The lowest BCUT2D eigenvalue weighted by atomic mass is 9.95. The summed E-state index contributed by atoms with van der Waals surface area (Å²) in [5, 5.41) is 9.30. The number of hydrogen-bond donors (Lipinski definition) is 0. The van der Waals surface area contributed by atoms with Crippen molar-refractivity contribution in [1.82, 2.24) is 0 Å². The fourth-order valence-electron chi connectivity index (χ4n) is 9.06. The SMILES string of the molecule is c1cc(-c2cccc3ccccc23)cc(N(c2ccc(-c3ccc4c(c3)oc3ccccc34)cc2)c2ccccc2-c2cccc3oc4cc5ccccc5cc4c23)c1. The third-order valence-electron chi connectivity index (χ3n) is 11.8. The monoisotopic (exact) mass is 753 g/mol. The first kappa shape index (κ1) is 33.3. The van der Waals surface area contributed by atoms with Crippen molar-refractivity contribution in [2.75, 3.05) is 4.90 Å². The molecule has 0 amide bonds. The van der Waals surface area contributed by atoms with Gasteiger partial charge in [-0.15, -0.1) is 0 Å². The van der Waals surface area contributed by atoms with E-state index in [1.165, 1.54) is 27.1 Å². The molecule has 0 bridgehead atoms. The molecule has 0 saturated heterocycles. The average molecular weight is 754 g/mol. The molecule has 2 heterocycles. The summed E-state index contributed by atoms with van der Waals surface area (Å²) in [5.41, 5.74) is 13.6. The lowest BCUT2D eigenvalue weighted by Crippen LogP contribution is -2.11. The van der Waals surface area contributed by atoms with Crippen molar-refractivity contribution >= 4 is 82.5 Å². The van der Waals surface area contributed by atoms with Gasteiger partial charge >= 0.3 is 0 Å². The fourth-order valence-corrected chi connectivity index (χ4v) is 9.06. The van der Waals surface area contributed by atoms with E-state index >= 15 is 0 Å². The van der Waals surface area contributed by atoms with Crippen LogP contribution in [0, 0.1) is 0 Å². The molecule has 0 aliphatic heterocycles. The third-order valence-corrected chi connectivity index (χ3v) is 11.8. The minimum atomic E-state index is 0.873. The quantitative estimate of drug-likeness (QED) is 0.169. The molecule has 12 rings (SSSR count). The molecule has 0 unspecified atom stereocenters. The Hall–Kier alpha value is -7.88. The molecule has 0 radical (unpaired) electrons. The standard InChI is InChI=1S/C56H35NO2/c1-2-14-39-34-55-50(33-38(39)13-1)56-49(22-11-25-53(56)59-55)46-19-5-7-23-51(46)57(43-17-9-16-41(32-43)45-21-10-15-37-12-3-4-18-44(37)45)42-29-26-36(27-30-42)40-28-31-48-47-20-6-8-24-52(47)58-54(48)35-40/h1-35H. The van der Waals surface area contributed by atoms with Crippen LogP contribution in [-0.2, 0) is 0 Å².